The van der Waals surface area contributed by atoms with E-state index in [4.69, 9.17) is 0 Å². The van der Waals surface area contributed by atoms with Gasteiger partial charge in [-0.2, -0.15) is 0 Å². The quantitative estimate of drug-likeness (QED) is 0.890. The Bertz CT molecular complexity index is 589. The summed E-state index contributed by atoms with van der Waals surface area (Å²) in [7, 11) is 0. The monoisotopic (exact) mass is 295 g/mol. The number of carbonyl (C=O) groups is 1. The largest absolute Gasteiger partial charge is 0.353 e. The molecule has 2 heteroatoms. The molecule has 0 aliphatic carbocycles. The van der Waals surface area contributed by atoms with E-state index in [1.54, 1.807) is 0 Å². The molecule has 0 aromatic heterocycles. The van der Waals surface area contributed by atoms with Crippen molar-refractivity contribution >= 4 is 5.91 Å². The molecule has 0 radical (unpaired) electrons. The molecule has 1 amide bonds. The van der Waals surface area contributed by atoms with Crippen LogP contribution in [0.1, 0.15) is 32.8 Å². The van der Waals surface area contributed by atoms with Crippen molar-refractivity contribution in [3.05, 3.63) is 60.2 Å². The summed E-state index contributed by atoms with van der Waals surface area (Å²) in [6.07, 6.45) is 1.87. The molecule has 2 nitrogen and oxygen atoms in total. The van der Waals surface area contributed by atoms with Gasteiger partial charge in [-0.25, -0.2) is 0 Å². The van der Waals surface area contributed by atoms with Gasteiger partial charge in [-0.05, 0) is 29.5 Å². The first kappa shape index (κ1) is 16.3. The number of carbonyl (C=O) groups excluding carboxylic acids is 1. The Labute approximate surface area is 133 Å². The molecule has 1 fully saturated rings. The van der Waals surface area contributed by atoms with Crippen LogP contribution in [0.4, 0.5) is 0 Å². The first-order valence-electron chi connectivity index (χ1n) is 8.17. The second kappa shape index (κ2) is 7.79. The maximum atomic E-state index is 11.5. The van der Waals surface area contributed by atoms with Gasteiger partial charge in [0.2, 0.25) is 5.91 Å². The van der Waals surface area contributed by atoms with E-state index in [1.807, 2.05) is 26.8 Å². The summed E-state index contributed by atoms with van der Waals surface area (Å²) >= 11 is 0. The zero-order chi connectivity index (χ0) is 15.9. The third-order valence-electron chi connectivity index (χ3n) is 3.98. The highest BCUT2D eigenvalue weighted by Gasteiger charge is 2.27. The van der Waals surface area contributed by atoms with Crippen molar-refractivity contribution in [1.82, 2.24) is 5.32 Å². The van der Waals surface area contributed by atoms with Crippen LogP contribution in [0.25, 0.3) is 11.1 Å². The van der Waals surface area contributed by atoms with Crippen LogP contribution in [-0.4, -0.2) is 11.9 Å². The Morgan fingerprint density at radius 2 is 1.55 bits per heavy atom. The summed E-state index contributed by atoms with van der Waals surface area (Å²) in [6, 6.07) is 19.3. The predicted molar refractivity (Wildman–Crippen MR) is 92.6 cm³/mol. The molecule has 22 heavy (non-hydrogen) atoms. The Balaban J connectivity index is 0.000000847. The molecule has 3 rings (SSSR count). The SMILES string of the molecule is CC.CC1C[C@@H](Cc2ccc(-c3ccccc3)cc2)NC1=O. The topological polar surface area (TPSA) is 29.1 Å². The van der Waals surface area contributed by atoms with Crippen LogP contribution in [-0.2, 0) is 11.2 Å². The molecule has 2 atom stereocenters. The van der Waals surface area contributed by atoms with Gasteiger partial charge >= 0.3 is 0 Å². The van der Waals surface area contributed by atoms with Gasteiger partial charge in [0.25, 0.3) is 0 Å². The van der Waals surface area contributed by atoms with Crippen LogP contribution in [0.5, 0.6) is 0 Å². The fourth-order valence-electron chi connectivity index (χ4n) is 2.82. The fourth-order valence-corrected chi connectivity index (χ4v) is 2.82. The van der Waals surface area contributed by atoms with Crippen molar-refractivity contribution < 1.29 is 4.79 Å². The van der Waals surface area contributed by atoms with E-state index in [9.17, 15) is 4.79 Å². The molecular formula is C20H25NO. The highest BCUT2D eigenvalue weighted by atomic mass is 16.2. The fraction of sp³-hybridized carbons (Fsp3) is 0.350. The van der Waals surface area contributed by atoms with E-state index in [2.05, 4.69) is 53.8 Å². The number of hydrogen-bond donors (Lipinski definition) is 1. The molecule has 0 spiro atoms. The second-order valence-electron chi connectivity index (χ2n) is 5.61. The Morgan fingerprint density at radius 3 is 2.09 bits per heavy atom. The van der Waals surface area contributed by atoms with Crippen molar-refractivity contribution in [2.75, 3.05) is 0 Å². The molecule has 1 heterocycles. The smallest absolute Gasteiger partial charge is 0.223 e. The maximum absolute atomic E-state index is 11.5. The Kier molecular flexibility index (Phi) is 5.76. The highest BCUT2D eigenvalue weighted by molar-refractivity contribution is 5.80. The van der Waals surface area contributed by atoms with Crippen LogP contribution in [0.15, 0.2) is 54.6 Å². The zero-order valence-electron chi connectivity index (χ0n) is 13.7. The molecule has 0 bridgehead atoms. The minimum Gasteiger partial charge on any atom is -0.353 e. The van der Waals surface area contributed by atoms with Crippen molar-refractivity contribution in [3.63, 3.8) is 0 Å². The Hall–Kier alpha value is -2.09. The summed E-state index contributed by atoms with van der Waals surface area (Å²) < 4.78 is 0. The Morgan fingerprint density at radius 1 is 0.955 bits per heavy atom. The predicted octanol–water partition coefficient (Wildman–Crippen LogP) is 4.45. The standard InChI is InChI=1S/C18H19NO.C2H6/c1-13-11-17(19-18(13)20)12-14-7-9-16(10-8-14)15-5-3-2-4-6-15;1-2/h2-10,13,17H,11-12H2,1H3,(H,19,20);1-2H3/t13?,17-;/m0./s1. The van der Waals surface area contributed by atoms with Crippen LogP contribution in [0.3, 0.4) is 0 Å². The van der Waals surface area contributed by atoms with Gasteiger partial charge in [-0.1, -0.05) is 75.4 Å². The lowest BCUT2D eigenvalue weighted by atomic mass is 9.98. The van der Waals surface area contributed by atoms with E-state index in [1.165, 1.54) is 16.7 Å². The van der Waals surface area contributed by atoms with Crippen LogP contribution < -0.4 is 5.32 Å². The minimum atomic E-state index is 0.156. The maximum Gasteiger partial charge on any atom is 0.223 e. The summed E-state index contributed by atoms with van der Waals surface area (Å²) in [5.74, 6) is 0.347. The molecule has 1 aliphatic rings. The van der Waals surface area contributed by atoms with Crippen molar-refractivity contribution in [1.29, 1.82) is 0 Å². The lowest BCUT2D eigenvalue weighted by Crippen LogP contribution is -2.27. The van der Waals surface area contributed by atoms with Crippen LogP contribution >= 0.6 is 0 Å². The van der Waals surface area contributed by atoms with Gasteiger partial charge in [0.1, 0.15) is 0 Å². The third kappa shape index (κ3) is 3.97. The van der Waals surface area contributed by atoms with Crippen LogP contribution in [0.2, 0.25) is 0 Å². The van der Waals surface area contributed by atoms with Crippen molar-refractivity contribution in [2.45, 2.75) is 39.7 Å². The van der Waals surface area contributed by atoms with E-state index >= 15 is 0 Å². The highest BCUT2D eigenvalue weighted by Crippen LogP contribution is 2.22. The summed E-state index contributed by atoms with van der Waals surface area (Å²) in [6.45, 7) is 5.99. The third-order valence-corrected chi connectivity index (χ3v) is 3.98. The second-order valence-corrected chi connectivity index (χ2v) is 5.61. The van der Waals surface area contributed by atoms with E-state index in [0.717, 1.165) is 12.8 Å². The van der Waals surface area contributed by atoms with E-state index in [-0.39, 0.29) is 11.8 Å². The first-order chi connectivity index (χ1) is 10.7. The molecule has 2 aromatic rings. The molecule has 116 valence electrons. The first-order valence-corrected chi connectivity index (χ1v) is 8.17. The number of rotatable bonds is 3. The molecule has 1 saturated heterocycles. The molecular weight excluding hydrogens is 270 g/mol. The van der Waals surface area contributed by atoms with Gasteiger partial charge in [-0.3, -0.25) is 4.79 Å². The number of nitrogens with one attached hydrogen (secondary N) is 1. The van der Waals surface area contributed by atoms with E-state index in [0.29, 0.717) is 6.04 Å². The zero-order valence-corrected chi connectivity index (χ0v) is 13.7. The molecule has 2 aromatic carbocycles. The molecule has 1 aliphatic heterocycles. The lowest BCUT2D eigenvalue weighted by Gasteiger charge is -2.10. The summed E-state index contributed by atoms with van der Waals surface area (Å²) in [5, 5.41) is 3.06. The minimum absolute atomic E-state index is 0.156. The number of benzene rings is 2. The normalized spacial score (nSPS) is 20.0. The van der Waals surface area contributed by atoms with Crippen molar-refractivity contribution in [3.8, 4) is 11.1 Å². The van der Waals surface area contributed by atoms with Gasteiger partial charge in [-0.15, -0.1) is 0 Å². The molecule has 1 N–H and O–H groups in total. The number of hydrogen-bond acceptors (Lipinski definition) is 1. The van der Waals surface area contributed by atoms with Gasteiger partial charge in [0.05, 0.1) is 0 Å². The van der Waals surface area contributed by atoms with E-state index < -0.39 is 0 Å². The van der Waals surface area contributed by atoms with Crippen LogP contribution in [0, 0.1) is 5.92 Å². The van der Waals surface area contributed by atoms with Gasteiger partial charge in [0.15, 0.2) is 0 Å². The lowest BCUT2D eigenvalue weighted by molar-refractivity contribution is -0.122. The average molecular weight is 295 g/mol. The summed E-state index contributed by atoms with van der Waals surface area (Å²) in [5.41, 5.74) is 3.75. The average Bonchev–Trinajstić information content (AvgIpc) is 2.89. The van der Waals surface area contributed by atoms with Gasteiger partial charge < -0.3 is 5.32 Å². The number of amides is 1. The molecule has 0 saturated carbocycles. The summed E-state index contributed by atoms with van der Waals surface area (Å²) in [4.78, 5) is 11.5. The van der Waals surface area contributed by atoms with Gasteiger partial charge in [0, 0.05) is 12.0 Å². The molecule has 1 unspecified atom stereocenters. The van der Waals surface area contributed by atoms with Crippen molar-refractivity contribution in [2.24, 2.45) is 5.92 Å².